The number of rotatable bonds is 5. The molecule has 0 fully saturated rings. The Morgan fingerprint density at radius 3 is 2.90 bits per heavy atom. The van der Waals surface area contributed by atoms with Gasteiger partial charge in [-0.25, -0.2) is 14.4 Å². The number of hydrogen-bond acceptors (Lipinski definition) is 6. The second kappa shape index (κ2) is 7.54. The Morgan fingerprint density at radius 2 is 2.13 bits per heavy atom. The predicted octanol–water partition coefficient (Wildman–Crippen LogP) is 4.03. The number of nitrogens with one attached hydrogen (secondary N) is 1. The van der Waals surface area contributed by atoms with E-state index in [-0.39, 0.29) is 5.82 Å². The SMILES string of the molecule is COc1ccc2c(NCc3c(F)ccc4c3CCO4)ncc(-c3cc(C)nn3C)c2n1. The van der Waals surface area contributed by atoms with Crippen LogP contribution in [0.15, 0.2) is 36.5 Å². The van der Waals surface area contributed by atoms with Gasteiger partial charge in [0.25, 0.3) is 0 Å². The molecule has 0 saturated carbocycles. The minimum absolute atomic E-state index is 0.247. The minimum atomic E-state index is -0.247. The zero-order chi connectivity index (χ0) is 21.5. The number of benzene rings is 1. The van der Waals surface area contributed by atoms with Gasteiger partial charge in [0, 0.05) is 54.4 Å². The molecule has 0 radical (unpaired) electrons. The van der Waals surface area contributed by atoms with Gasteiger partial charge in [0.05, 0.1) is 30.6 Å². The number of methoxy groups -OCH3 is 1. The molecule has 158 valence electrons. The molecule has 4 heterocycles. The topological polar surface area (TPSA) is 74.1 Å². The third-order valence-corrected chi connectivity index (χ3v) is 5.56. The summed E-state index contributed by atoms with van der Waals surface area (Å²) in [6.07, 6.45) is 2.47. The van der Waals surface area contributed by atoms with Gasteiger partial charge in [-0.2, -0.15) is 5.10 Å². The van der Waals surface area contributed by atoms with Crippen molar-refractivity contribution >= 4 is 16.7 Å². The number of ether oxygens (including phenoxy) is 2. The van der Waals surface area contributed by atoms with Gasteiger partial charge in [0.2, 0.25) is 5.88 Å². The van der Waals surface area contributed by atoms with Crippen LogP contribution in [0.4, 0.5) is 10.2 Å². The van der Waals surface area contributed by atoms with Gasteiger partial charge in [-0.15, -0.1) is 0 Å². The summed E-state index contributed by atoms with van der Waals surface area (Å²) >= 11 is 0. The highest BCUT2D eigenvalue weighted by molar-refractivity contribution is 5.98. The van der Waals surface area contributed by atoms with Crippen molar-refractivity contribution in [2.45, 2.75) is 19.9 Å². The molecule has 1 aromatic carbocycles. The fourth-order valence-corrected chi connectivity index (χ4v) is 4.08. The molecule has 4 aromatic rings. The summed E-state index contributed by atoms with van der Waals surface area (Å²) < 4.78 is 27.3. The molecule has 0 aliphatic carbocycles. The maximum atomic E-state index is 14.5. The fraction of sp³-hybridized carbons (Fsp3) is 0.261. The van der Waals surface area contributed by atoms with Crippen molar-refractivity contribution in [3.8, 4) is 22.9 Å². The summed E-state index contributed by atoms with van der Waals surface area (Å²) in [7, 11) is 3.48. The summed E-state index contributed by atoms with van der Waals surface area (Å²) in [6.45, 7) is 2.83. The standard InChI is InChI=1S/C23H22FN5O2/c1-13-10-19(29(2)28-13)17-12-26-23(15-4-7-21(30-3)27-22(15)17)25-11-16-14-8-9-31-20(14)6-5-18(16)24/h4-7,10,12H,8-9,11H2,1-3H3,(H,25,26). The van der Waals surface area contributed by atoms with E-state index in [1.807, 2.05) is 30.8 Å². The number of fused-ring (bicyclic) bond motifs is 2. The van der Waals surface area contributed by atoms with Crippen molar-refractivity contribution in [3.05, 3.63) is 59.2 Å². The molecule has 3 aromatic heterocycles. The minimum Gasteiger partial charge on any atom is -0.493 e. The van der Waals surface area contributed by atoms with Crippen LogP contribution in [0.3, 0.4) is 0 Å². The Balaban J connectivity index is 1.57. The van der Waals surface area contributed by atoms with E-state index in [4.69, 9.17) is 9.47 Å². The van der Waals surface area contributed by atoms with E-state index in [9.17, 15) is 4.39 Å². The highest BCUT2D eigenvalue weighted by atomic mass is 19.1. The first kappa shape index (κ1) is 19.3. The number of pyridine rings is 2. The van der Waals surface area contributed by atoms with Crippen LogP contribution in [-0.4, -0.2) is 33.5 Å². The molecule has 0 amide bonds. The van der Waals surface area contributed by atoms with Gasteiger partial charge >= 0.3 is 0 Å². The van der Waals surface area contributed by atoms with Crippen molar-refractivity contribution in [1.82, 2.24) is 19.7 Å². The number of hydrogen-bond donors (Lipinski definition) is 1. The molecule has 0 unspecified atom stereocenters. The van der Waals surface area contributed by atoms with Crippen LogP contribution in [0, 0.1) is 12.7 Å². The maximum absolute atomic E-state index is 14.5. The third-order valence-electron chi connectivity index (χ3n) is 5.56. The molecule has 0 bridgehead atoms. The van der Waals surface area contributed by atoms with Gasteiger partial charge < -0.3 is 14.8 Å². The van der Waals surface area contributed by atoms with Crippen LogP contribution in [0.1, 0.15) is 16.8 Å². The average molecular weight is 419 g/mol. The molecule has 8 heteroatoms. The molecule has 31 heavy (non-hydrogen) atoms. The lowest BCUT2D eigenvalue weighted by molar-refractivity contribution is 0.356. The van der Waals surface area contributed by atoms with Gasteiger partial charge in [-0.1, -0.05) is 0 Å². The maximum Gasteiger partial charge on any atom is 0.213 e. The van der Waals surface area contributed by atoms with Gasteiger partial charge in [-0.3, -0.25) is 4.68 Å². The van der Waals surface area contributed by atoms with E-state index in [1.165, 1.54) is 6.07 Å². The number of aryl methyl sites for hydroxylation is 2. The van der Waals surface area contributed by atoms with Crippen molar-refractivity contribution in [1.29, 1.82) is 0 Å². The second-order valence-electron chi connectivity index (χ2n) is 7.52. The second-order valence-corrected chi connectivity index (χ2v) is 7.52. The first-order valence-corrected chi connectivity index (χ1v) is 10.1. The van der Waals surface area contributed by atoms with E-state index < -0.39 is 0 Å². The quantitative estimate of drug-likeness (QED) is 0.526. The molecular weight excluding hydrogens is 397 g/mol. The smallest absolute Gasteiger partial charge is 0.213 e. The van der Waals surface area contributed by atoms with Crippen molar-refractivity contribution in [2.75, 3.05) is 19.0 Å². The molecule has 1 aliphatic rings. The van der Waals surface area contributed by atoms with E-state index in [0.717, 1.165) is 39.2 Å². The van der Waals surface area contributed by atoms with E-state index in [1.54, 1.807) is 25.4 Å². The lowest BCUT2D eigenvalue weighted by Crippen LogP contribution is -2.07. The Morgan fingerprint density at radius 1 is 1.26 bits per heavy atom. The monoisotopic (exact) mass is 419 g/mol. The van der Waals surface area contributed by atoms with Crippen LogP contribution in [0.5, 0.6) is 11.6 Å². The number of halogens is 1. The Hall–Kier alpha value is -3.68. The van der Waals surface area contributed by atoms with Gasteiger partial charge in [0.1, 0.15) is 17.4 Å². The van der Waals surface area contributed by atoms with Crippen LogP contribution >= 0.6 is 0 Å². The summed E-state index contributed by atoms with van der Waals surface area (Å²) in [5.41, 5.74) is 4.93. The van der Waals surface area contributed by atoms with E-state index in [0.29, 0.717) is 36.8 Å². The van der Waals surface area contributed by atoms with Crippen LogP contribution in [0.2, 0.25) is 0 Å². The average Bonchev–Trinajstić information content (AvgIpc) is 3.38. The first-order chi connectivity index (χ1) is 15.0. The third kappa shape index (κ3) is 3.34. The summed E-state index contributed by atoms with van der Waals surface area (Å²) in [4.78, 5) is 9.31. The van der Waals surface area contributed by atoms with Crippen LogP contribution < -0.4 is 14.8 Å². The fourth-order valence-electron chi connectivity index (χ4n) is 4.08. The molecule has 0 saturated heterocycles. The zero-order valence-corrected chi connectivity index (χ0v) is 17.6. The number of aromatic nitrogens is 4. The van der Waals surface area contributed by atoms with Crippen molar-refractivity contribution in [2.24, 2.45) is 7.05 Å². The van der Waals surface area contributed by atoms with Crippen molar-refractivity contribution in [3.63, 3.8) is 0 Å². The molecular formula is C23H22FN5O2. The zero-order valence-electron chi connectivity index (χ0n) is 17.6. The molecule has 1 N–H and O–H groups in total. The summed E-state index contributed by atoms with van der Waals surface area (Å²) in [6, 6.07) is 8.84. The molecule has 5 rings (SSSR count). The number of nitrogens with zero attached hydrogens (tertiary/aromatic N) is 4. The summed E-state index contributed by atoms with van der Waals surface area (Å²) in [5, 5.41) is 8.56. The Bertz CT molecular complexity index is 1300. The Labute approximate surface area is 178 Å². The van der Waals surface area contributed by atoms with Crippen LogP contribution in [0.25, 0.3) is 22.2 Å². The lowest BCUT2D eigenvalue weighted by atomic mass is 10.0. The molecule has 7 nitrogen and oxygen atoms in total. The normalized spacial score (nSPS) is 12.6. The molecule has 0 spiro atoms. The van der Waals surface area contributed by atoms with E-state index in [2.05, 4.69) is 20.4 Å². The predicted molar refractivity (Wildman–Crippen MR) is 116 cm³/mol. The van der Waals surface area contributed by atoms with Gasteiger partial charge in [0.15, 0.2) is 0 Å². The van der Waals surface area contributed by atoms with Gasteiger partial charge in [-0.05, 0) is 31.2 Å². The van der Waals surface area contributed by atoms with Crippen molar-refractivity contribution < 1.29 is 13.9 Å². The lowest BCUT2D eigenvalue weighted by Gasteiger charge is -2.14. The number of anilines is 1. The van der Waals surface area contributed by atoms with Crippen LogP contribution in [-0.2, 0) is 20.0 Å². The summed E-state index contributed by atoms with van der Waals surface area (Å²) in [5.74, 6) is 1.64. The highest BCUT2D eigenvalue weighted by Gasteiger charge is 2.20. The van der Waals surface area contributed by atoms with E-state index >= 15 is 0 Å². The highest BCUT2D eigenvalue weighted by Crippen LogP contribution is 2.34. The first-order valence-electron chi connectivity index (χ1n) is 10.1. The molecule has 1 aliphatic heterocycles. The Kier molecular flexibility index (Phi) is 4.69. The largest absolute Gasteiger partial charge is 0.493 e. The molecule has 0 atom stereocenters.